The van der Waals surface area contributed by atoms with Crippen molar-refractivity contribution in [1.29, 1.82) is 0 Å². The Morgan fingerprint density at radius 2 is 0.732 bits per heavy atom. The Bertz CT molecular complexity index is 810. The van der Waals surface area contributed by atoms with Crippen molar-refractivity contribution in [2.24, 2.45) is 0 Å². The first-order valence-electron chi connectivity index (χ1n) is 25.5. The highest BCUT2D eigenvalue weighted by Gasteiger charge is 2.20. The van der Waals surface area contributed by atoms with E-state index >= 15 is 0 Å². The summed E-state index contributed by atoms with van der Waals surface area (Å²) in [6, 6.07) is -0.542. The molecule has 0 radical (unpaired) electrons. The van der Waals surface area contributed by atoms with E-state index in [4.69, 9.17) is 0 Å². The molecule has 0 bridgehead atoms. The molecule has 0 aromatic heterocycles. The largest absolute Gasteiger partial charge is 0.394 e. The molecule has 0 heterocycles. The van der Waals surface area contributed by atoms with Crippen molar-refractivity contribution in [2.75, 3.05) is 6.61 Å². The molecule has 0 spiro atoms. The molecule has 0 aromatic rings. The van der Waals surface area contributed by atoms with Crippen molar-refractivity contribution < 1.29 is 15.0 Å². The molecule has 0 aliphatic heterocycles. The van der Waals surface area contributed by atoms with Crippen LogP contribution in [0.2, 0.25) is 0 Å². The number of amides is 1. The molecule has 0 rings (SSSR count). The number of rotatable bonds is 47. The fraction of sp³-hybridized carbons (Fsp3) is 0.904. The Hall–Kier alpha value is -1.13. The number of nitrogens with one attached hydrogen (secondary N) is 1. The van der Waals surface area contributed by atoms with Crippen LogP contribution in [-0.4, -0.2) is 34.9 Å². The van der Waals surface area contributed by atoms with Gasteiger partial charge in [-0.2, -0.15) is 0 Å². The number of unbranched alkanes of at least 4 members (excludes halogenated alkanes) is 36. The van der Waals surface area contributed by atoms with Gasteiger partial charge in [-0.15, -0.1) is 0 Å². The zero-order valence-electron chi connectivity index (χ0n) is 38.2. The third-order valence-electron chi connectivity index (χ3n) is 12.0. The number of carbonyl (C=O) groups is 1. The maximum Gasteiger partial charge on any atom is 0.220 e. The maximum absolute atomic E-state index is 12.4. The highest BCUT2D eigenvalue weighted by Crippen LogP contribution is 2.17. The summed E-state index contributed by atoms with van der Waals surface area (Å²) < 4.78 is 0. The average Bonchev–Trinajstić information content (AvgIpc) is 3.20. The molecule has 0 fully saturated rings. The summed E-state index contributed by atoms with van der Waals surface area (Å²) in [7, 11) is 0. The van der Waals surface area contributed by atoms with Crippen molar-refractivity contribution in [3.63, 3.8) is 0 Å². The van der Waals surface area contributed by atoms with Gasteiger partial charge in [0.25, 0.3) is 0 Å². The standard InChI is InChI=1S/C52H101NO3/c1-3-5-7-9-11-13-15-17-19-21-22-23-24-25-26-27-28-29-30-31-32-33-35-37-39-41-43-45-47-51(55)50(49-54)53-52(56)48-46-44-42-40-38-36-34-20-18-16-14-12-10-8-6-4-2/h14,16,20,34,50-51,54-55H,3-13,15,17-19,21-33,35-49H2,1-2H3,(H,53,56)/b16-14-,34-20-. The summed E-state index contributed by atoms with van der Waals surface area (Å²) in [6.07, 6.45) is 62.9. The molecule has 2 unspecified atom stereocenters. The molecule has 0 saturated heterocycles. The molecule has 3 N–H and O–H groups in total. The number of carbonyl (C=O) groups excluding carboxylic acids is 1. The van der Waals surface area contributed by atoms with Gasteiger partial charge in [-0.3, -0.25) is 4.79 Å². The lowest BCUT2D eigenvalue weighted by molar-refractivity contribution is -0.123. The van der Waals surface area contributed by atoms with E-state index in [-0.39, 0.29) is 12.5 Å². The minimum Gasteiger partial charge on any atom is -0.394 e. The smallest absolute Gasteiger partial charge is 0.220 e. The second kappa shape index (κ2) is 48.2. The molecule has 0 aliphatic rings. The van der Waals surface area contributed by atoms with E-state index in [1.165, 1.54) is 212 Å². The van der Waals surface area contributed by atoms with E-state index in [0.717, 1.165) is 44.9 Å². The lowest BCUT2D eigenvalue weighted by Crippen LogP contribution is -2.45. The Balaban J connectivity index is 3.44. The predicted octanol–water partition coefficient (Wildman–Crippen LogP) is 16.4. The monoisotopic (exact) mass is 788 g/mol. The van der Waals surface area contributed by atoms with E-state index in [1.54, 1.807) is 0 Å². The molecule has 56 heavy (non-hydrogen) atoms. The molecule has 1 amide bonds. The average molecular weight is 788 g/mol. The summed E-state index contributed by atoms with van der Waals surface area (Å²) in [5.41, 5.74) is 0. The topological polar surface area (TPSA) is 69.6 Å². The zero-order chi connectivity index (χ0) is 40.7. The minimum atomic E-state index is -0.664. The van der Waals surface area contributed by atoms with Crippen LogP contribution in [0.3, 0.4) is 0 Å². The Morgan fingerprint density at radius 3 is 1.09 bits per heavy atom. The Kier molecular flexibility index (Phi) is 47.3. The van der Waals surface area contributed by atoms with Crippen LogP contribution in [0.5, 0.6) is 0 Å². The van der Waals surface area contributed by atoms with Gasteiger partial charge in [-0.1, -0.05) is 256 Å². The van der Waals surface area contributed by atoms with Crippen molar-refractivity contribution in [3.8, 4) is 0 Å². The van der Waals surface area contributed by atoms with Crippen molar-refractivity contribution in [3.05, 3.63) is 24.3 Å². The molecule has 4 nitrogen and oxygen atoms in total. The second-order valence-electron chi connectivity index (χ2n) is 17.6. The summed E-state index contributed by atoms with van der Waals surface area (Å²) in [4.78, 5) is 12.4. The third-order valence-corrected chi connectivity index (χ3v) is 12.0. The predicted molar refractivity (Wildman–Crippen MR) is 249 cm³/mol. The molecule has 332 valence electrons. The maximum atomic E-state index is 12.4. The normalized spacial score (nSPS) is 13.0. The van der Waals surface area contributed by atoms with E-state index in [0.29, 0.717) is 12.8 Å². The van der Waals surface area contributed by atoms with Crippen LogP contribution in [0.4, 0.5) is 0 Å². The van der Waals surface area contributed by atoms with Crippen LogP contribution < -0.4 is 5.32 Å². The molecule has 2 atom stereocenters. The van der Waals surface area contributed by atoms with Gasteiger partial charge in [0.05, 0.1) is 18.8 Å². The first-order valence-corrected chi connectivity index (χ1v) is 25.5. The van der Waals surface area contributed by atoms with Crippen LogP contribution in [0, 0.1) is 0 Å². The molecule has 0 aliphatic carbocycles. The lowest BCUT2D eigenvalue weighted by atomic mass is 10.0. The first-order chi connectivity index (χ1) is 27.7. The van der Waals surface area contributed by atoms with Crippen LogP contribution >= 0.6 is 0 Å². The quantitative estimate of drug-likeness (QED) is 0.0425. The Labute approximate surface area is 351 Å². The van der Waals surface area contributed by atoms with Crippen LogP contribution in [-0.2, 0) is 4.79 Å². The summed E-state index contributed by atoms with van der Waals surface area (Å²) >= 11 is 0. The fourth-order valence-electron chi connectivity index (χ4n) is 8.04. The van der Waals surface area contributed by atoms with E-state index in [2.05, 4.69) is 43.5 Å². The minimum absolute atomic E-state index is 0.0418. The Morgan fingerprint density at radius 1 is 0.429 bits per heavy atom. The number of aliphatic hydroxyl groups is 2. The SMILES string of the molecule is CCCCCC/C=C\C/C=C\CCCCCCCC(=O)NC(CO)C(O)CCCCCCCCCCCCCCCCCCCCCCCCCCCCCC. The molecule has 0 saturated carbocycles. The second-order valence-corrected chi connectivity index (χ2v) is 17.6. The zero-order valence-corrected chi connectivity index (χ0v) is 38.2. The fourth-order valence-corrected chi connectivity index (χ4v) is 8.04. The molecule has 4 heteroatoms. The third kappa shape index (κ3) is 44.0. The first kappa shape index (κ1) is 54.9. The van der Waals surface area contributed by atoms with Gasteiger partial charge in [-0.05, 0) is 44.9 Å². The number of hydrogen-bond donors (Lipinski definition) is 3. The highest BCUT2D eigenvalue weighted by molar-refractivity contribution is 5.76. The van der Waals surface area contributed by atoms with Gasteiger partial charge in [0.2, 0.25) is 5.91 Å². The number of allylic oxidation sites excluding steroid dienone is 4. The van der Waals surface area contributed by atoms with E-state index in [9.17, 15) is 15.0 Å². The van der Waals surface area contributed by atoms with Gasteiger partial charge >= 0.3 is 0 Å². The summed E-state index contributed by atoms with van der Waals surface area (Å²) in [5.74, 6) is -0.0418. The van der Waals surface area contributed by atoms with Crippen molar-refractivity contribution in [1.82, 2.24) is 5.32 Å². The molecule has 0 aromatic carbocycles. The van der Waals surface area contributed by atoms with Gasteiger partial charge in [0, 0.05) is 6.42 Å². The summed E-state index contributed by atoms with van der Waals surface area (Å²) in [6.45, 7) is 4.36. The molecular formula is C52H101NO3. The lowest BCUT2D eigenvalue weighted by Gasteiger charge is -2.22. The van der Waals surface area contributed by atoms with Crippen LogP contribution in [0.1, 0.15) is 284 Å². The van der Waals surface area contributed by atoms with E-state index < -0.39 is 12.1 Å². The van der Waals surface area contributed by atoms with Gasteiger partial charge in [0.1, 0.15) is 0 Å². The van der Waals surface area contributed by atoms with Crippen LogP contribution in [0.15, 0.2) is 24.3 Å². The van der Waals surface area contributed by atoms with Gasteiger partial charge in [-0.25, -0.2) is 0 Å². The van der Waals surface area contributed by atoms with Crippen molar-refractivity contribution >= 4 is 5.91 Å². The van der Waals surface area contributed by atoms with Crippen molar-refractivity contribution in [2.45, 2.75) is 296 Å². The summed E-state index contributed by atoms with van der Waals surface area (Å²) in [5, 5.41) is 23.2. The number of hydrogen-bond acceptors (Lipinski definition) is 3. The van der Waals surface area contributed by atoms with E-state index in [1.807, 2.05) is 0 Å². The molecular weight excluding hydrogens is 687 g/mol. The number of aliphatic hydroxyl groups excluding tert-OH is 2. The van der Waals surface area contributed by atoms with Gasteiger partial charge < -0.3 is 15.5 Å². The van der Waals surface area contributed by atoms with Crippen LogP contribution in [0.25, 0.3) is 0 Å². The highest BCUT2D eigenvalue weighted by atomic mass is 16.3. The van der Waals surface area contributed by atoms with Gasteiger partial charge in [0.15, 0.2) is 0 Å².